The van der Waals surface area contributed by atoms with Crippen LogP contribution in [0.2, 0.25) is 0 Å². The van der Waals surface area contributed by atoms with Crippen molar-refractivity contribution in [2.45, 2.75) is 26.9 Å². The number of hydrogen-bond acceptors (Lipinski definition) is 2. The third-order valence-corrected chi connectivity index (χ3v) is 1.31. The molecule has 0 radical (unpaired) electrons. The molecule has 0 saturated carbocycles. The predicted octanol–water partition coefficient (Wildman–Crippen LogP) is 1.40. The number of carbonyl (C=O) groups excluding carboxylic acids is 1. The Morgan fingerprint density at radius 2 is 2.08 bits per heavy atom. The number of nitrogens with zero attached hydrogens (tertiary/aromatic N) is 1. The van der Waals surface area contributed by atoms with Gasteiger partial charge in [0.25, 0.3) is 0 Å². The second-order valence-corrected chi connectivity index (χ2v) is 3.13. The van der Waals surface area contributed by atoms with Gasteiger partial charge in [0.15, 0.2) is 0 Å². The van der Waals surface area contributed by atoms with E-state index >= 15 is 0 Å². The lowest BCUT2D eigenvalue weighted by molar-refractivity contribution is -0.131. The summed E-state index contributed by atoms with van der Waals surface area (Å²) < 4.78 is 5.24. The molecule has 0 aliphatic carbocycles. The van der Waals surface area contributed by atoms with E-state index in [0.717, 1.165) is 0 Å². The monoisotopic (exact) mass is 171 g/mol. The van der Waals surface area contributed by atoms with Gasteiger partial charge in [-0.2, -0.15) is 0 Å². The maximum Gasteiger partial charge on any atom is 0.250 e. The second kappa shape index (κ2) is 4.93. The fraction of sp³-hybridized carbons (Fsp3) is 0.667. The van der Waals surface area contributed by atoms with Gasteiger partial charge in [-0.15, -0.1) is 0 Å². The number of ether oxygens (including phenoxy) is 1. The molecule has 3 heteroatoms. The highest BCUT2D eigenvalue weighted by molar-refractivity contribution is 5.91. The summed E-state index contributed by atoms with van der Waals surface area (Å²) in [6.45, 7) is 9.43. The van der Waals surface area contributed by atoms with Crippen LogP contribution in [0, 0.1) is 0 Å². The number of carbonyl (C=O) groups is 1. The van der Waals surface area contributed by atoms with E-state index in [1.165, 1.54) is 4.90 Å². The van der Waals surface area contributed by atoms with Crippen molar-refractivity contribution in [3.05, 3.63) is 12.2 Å². The average Bonchev–Trinajstić information content (AvgIpc) is 1.98. The van der Waals surface area contributed by atoms with Gasteiger partial charge >= 0.3 is 0 Å². The average molecular weight is 171 g/mol. The fourth-order valence-corrected chi connectivity index (χ4v) is 0.645. The summed E-state index contributed by atoms with van der Waals surface area (Å²) >= 11 is 0. The SMILES string of the molecule is C=C(C)C(=O)N(C)COC(C)C. The highest BCUT2D eigenvalue weighted by atomic mass is 16.5. The zero-order valence-electron chi connectivity index (χ0n) is 8.26. The lowest BCUT2D eigenvalue weighted by Gasteiger charge is -2.18. The smallest absolute Gasteiger partial charge is 0.250 e. The first kappa shape index (κ1) is 11.2. The molecule has 0 bridgehead atoms. The van der Waals surface area contributed by atoms with Gasteiger partial charge < -0.3 is 9.64 Å². The Kier molecular flexibility index (Phi) is 4.59. The minimum atomic E-state index is -0.0735. The predicted molar refractivity (Wildman–Crippen MR) is 48.7 cm³/mol. The third-order valence-electron chi connectivity index (χ3n) is 1.31. The van der Waals surface area contributed by atoms with Crippen LogP contribution in [-0.2, 0) is 9.53 Å². The molecule has 12 heavy (non-hydrogen) atoms. The lowest BCUT2D eigenvalue weighted by atomic mass is 10.3. The van der Waals surface area contributed by atoms with Crippen LogP contribution in [-0.4, -0.2) is 30.7 Å². The Hall–Kier alpha value is -0.830. The molecule has 0 N–H and O–H groups in total. The van der Waals surface area contributed by atoms with Crippen molar-refractivity contribution in [2.75, 3.05) is 13.8 Å². The van der Waals surface area contributed by atoms with Crippen molar-refractivity contribution in [1.29, 1.82) is 0 Å². The van der Waals surface area contributed by atoms with Crippen LogP contribution in [0.25, 0.3) is 0 Å². The normalized spacial score (nSPS) is 10.1. The molecule has 0 aliphatic heterocycles. The van der Waals surface area contributed by atoms with Gasteiger partial charge in [-0.1, -0.05) is 6.58 Å². The topological polar surface area (TPSA) is 29.5 Å². The standard InChI is InChI=1S/C9H17NO2/c1-7(2)9(11)10(5)6-12-8(3)4/h8H,1,6H2,2-5H3. The van der Waals surface area contributed by atoms with E-state index < -0.39 is 0 Å². The molecule has 3 nitrogen and oxygen atoms in total. The summed E-state index contributed by atoms with van der Waals surface area (Å²) in [7, 11) is 1.69. The molecule has 0 rings (SSSR count). The van der Waals surface area contributed by atoms with Crippen molar-refractivity contribution >= 4 is 5.91 Å². The highest BCUT2D eigenvalue weighted by Crippen LogP contribution is 1.97. The molecule has 0 aromatic heterocycles. The second-order valence-electron chi connectivity index (χ2n) is 3.13. The molecule has 0 fully saturated rings. The minimum Gasteiger partial charge on any atom is -0.358 e. The Labute approximate surface area is 74.0 Å². The van der Waals surface area contributed by atoms with Crippen molar-refractivity contribution in [2.24, 2.45) is 0 Å². The lowest BCUT2D eigenvalue weighted by Crippen LogP contribution is -2.30. The van der Waals surface area contributed by atoms with Crippen molar-refractivity contribution in [1.82, 2.24) is 4.90 Å². The largest absolute Gasteiger partial charge is 0.358 e. The molecule has 0 atom stereocenters. The molecule has 0 aromatic rings. The van der Waals surface area contributed by atoms with Crippen molar-refractivity contribution < 1.29 is 9.53 Å². The van der Waals surface area contributed by atoms with Gasteiger partial charge in [-0.25, -0.2) is 0 Å². The van der Waals surface area contributed by atoms with Crippen LogP contribution in [0.3, 0.4) is 0 Å². The number of amides is 1. The molecule has 70 valence electrons. The summed E-state index contributed by atoms with van der Waals surface area (Å²) in [4.78, 5) is 12.7. The Morgan fingerprint density at radius 1 is 1.58 bits per heavy atom. The summed E-state index contributed by atoms with van der Waals surface area (Å²) in [6.07, 6.45) is 0.144. The van der Waals surface area contributed by atoms with Crippen LogP contribution >= 0.6 is 0 Å². The molecular weight excluding hydrogens is 154 g/mol. The molecule has 0 aliphatic rings. The third kappa shape index (κ3) is 4.13. The summed E-state index contributed by atoms with van der Waals surface area (Å²) in [6, 6.07) is 0. The Morgan fingerprint density at radius 3 is 2.42 bits per heavy atom. The van der Waals surface area contributed by atoms with E-state index in [-0.39, 0.29) is 12.0 Å². The Balaban J connectivity index is 3.80. The first-order chi connectivity index (χ1) is 5.45. The summed E-state index contributed by atoms with van der Waals surface area (Å²) in [5.41, 5.74) is 0.532. The summed E-state index contributed by atoms with van der Waals surface area (Å²) in [5, 5.41) is 0. The van der Waals surface area contributed by atoms with Gasteiger partial charge in [0.05, 0.1) is 6.10 Å². The van der Waals surface area contributed by atoms with Gasteiger partial charge in [-0.05, 0) is 20.8 Å². The van der Waals surface area contributed by atoms with E-state index in [0.29, 0.717) is 12.3 Å². The van der Waals surface area contributed by atoms with Crippen molar-refractivity contribution in [3.8, 4) is 0 Å². The van der Waals surface area contributed by atoms with Crippen LogP contribution in [0.4, 0.5) is 0 Å². The van der Waals surface area contributed by atoms with Gasteiger partial charge in [-0.3, -0.25) is 4.79 Å². The molecule has 0 heterocycles. The first-order valence-electron chi connectivity index (χ1n) is 3.97. The molecule has 1 amide bonds. The molecular formula is C9H17NO2. The quantitative estimate of drug-likeness (QED) is 0.472. The number of hydrogen-bond donors (Lipinski definition) is 0. The van der Waals surface area contributed by atoms with Crippen LogP contribution < -0.4 is 0 Å². The van der Waals surface area contributed by atoms with Crippen LogP contribution in [0.15, 0.2) is 12.2 Å². The minimum absolute atomic E-state index is 0.0735. The van der Waals surface area contributed by atoms with E-state index in [1.807, 2.05) is 13.8 Å². The molecule has 0 spiro atoms. The van der Waals surface area contributed by atoms with Gasteiger partial charge in [0.1, 0.15) is 6.73 Å². The first-order valence-corrected chi connectivity index (χ1v) is 3.97. The van der Waals surface area contributed by atoms with Crippen LogP contribution in [0.5, 0.6) is 0 Å². The van der Waals surface area contributed by atoms with Gasteiger partial charge in [0.2, 0.25) is 5.91 Å². The molecule has 0 saturated heterocycles. The van der Waals surface area contributed by atoms with Crippen LogP contribution in [0.1, 0.15) is 20.8 Å². The maximum atomic E-state index is 11.2. The van der Waals surface area contributed by atoms with E-state index in [4.69, 9.17) is 4.74 Å². The van der Waals surface area contributed by atoms with Gasteiger partial charge in [0, 0.05) is 12.6 Å². The van der Waals surface area contributed by atoms with E-state index in [9.17, 15) is 4.79 Å². The van der Waals surface area contributed by atoms with E-state index in [1.54, 1.807) is 14.0 Å². The fourth-order valence-electron chi connectivity index (χ4n) is 0.645. The number of likely N-dealkylation sites (N-methyl/N-ethyl adjacent to an activating group) is 1. The summed E-state index contributed by atoms with van der Waals surface area (Å²) in [5.74, 6) is -0.0735. The van der Waals surface area contributed by atoms with E-state index in [2.05, 4.69) is 6.58 Å². The highest BCUT2D eigenvalue weighted by Gasteiger charge is 2.08. The van der Waals surface area contributed by atoms with Crippen molar-refractivity contribution in [3.63, 3.8) is 0 Å². The Bertz CT molecular complexity index is 175. The number of rotatable bonds is 4. The maximum absolute atomic E-state index is 11.2. The molecule has 0 unspecified atom stereocenters. The zero-order chi connectivity index (χ0) is 9.72. The zero-order valence-corrected chi connectivity index (χ0v) is 8.26. The molecule has 0 aromatic carbocycles.